The molecule has 7 heteroatoms. The molecule has 2 fully saturated rings. The minimum atomic E-state index is -0.469. The molecule has 2 atom stereocenters. The smallest absolute Gasteiger partial charge is 0.254 e. The lowest BCUT2D eigenvalue weighted by molar-refractivity contribution is -0.122. The molecule has 1 aliphatic carbocycles. The summed E-state index contributed by atoms with van der Waals surface area (Å²) in [6.07, 6.45) is 3.77. The first-order valence-corrected chi connectivity index (χ1v) is 9.04. The van der Waals surface area contributed by atoms with Crippen molar-refractivity contribution < 1.29 is 14.3 Å². The van der Waals surface area contributed by atoms with Gasteiger partial charge in [0.1, 0.15) is 0 Å². The number of nitrogens with one attached hydrogen (secondary N) is 1. The maximum absolute atomic E-state index is 12.7. The number of benzene rings is 1. The van der Waals surface area contributed by atoms with Gasteiger partial charge in [-0.1, -0.05) is 18.9 Å². The van der Waals surface area contributed by atoms with Crippen LogP contribution in [0.1, 0.15) is 43.0 Å². The molecular formula is C19H28ClN3O3. The fourth-order valence-corrected chi connectivity index (χ4v) is 3.70. The SMILES string of the molecule is CC1(N)CCCCC1C(=O)Nc1cccc(C(=O)N2CCOCC2)c1.Cl. The zero-order chi connectivity index (χ0) is 17.9. The van der Waals surface area contributed by atoms with E-state index in [9.17, 15) is 9.59 Å². The van der Waals surface area contributed by atoms with Gasteiger partial charge < -0.3 is 20.7 Å². The van der Waals surface area contributed by atoms with Gasteiger partial charge in [0.25, 0.3) is 5.91 Å². The van der Waals surface area contributed by atoms with Crippen LogP contribution in [0.2, 0.25) is 0 Å². The molecule has 3 N–H and O–H groups in total. The number of hydrogen-bond donors (Lipinski definition) is 2. The predicted molar refractivity (Wildman–Crippen MR) is 104 cm³/mol. The lowest BCUT2D eigenvalue weighted by Gasteiger charge is -2.37. The van der Waals surface area contributed by atoms with Crippen molar-refractivity contribution in [2.75, 3.05) is 31.6 Å². The number of amides is 2. The van der Waals surface area contributed by atoms with Crippen LogP contribution in [0, 0.1) is 5.92 Å². The molecule has 2 aliphatic rings. The molecule has 0 aromatic heterocycles. The third kappa shape index (κ3) is 4.75. The fourth-order valence-electron chi connectivity index (χ4n) is 3.70. The van der Waals surface area contributed by atoms with E-state index in [2.05, 4.69) is 5.32 Å². The normalized spacial score (nSPS) is 25.9. The van der Waals surface area contributed by atoms with E-state index in [0.29, 0.717) is 37.6 Å². The Morgan fingerprint density at radius 2 is 2.00 bits per heavy atom. The Morgan fingerprint density at radius 1 is 1.27 bits per heavy atom. The third-order valence-corrected chi connectivity index (χ3v) is 5.25. The molecule has 26 heavy (non-hydrogen) atoms. The number of halogens is 1. The summed E-state index contributed by atoms with van der Waals surface area (Å²) in [5.74, 6) is -0.277. The largest absolute Gasteiger partial charge is 0.378 e. The van der Waals surface area contributed by atoms with Crippen LogP contribution in [0.4, 0.5) is 5.69 Å². The number of nitrogens with two attached hydrogens (primary N) is 1. The van der Waals surface area contributed by atoms with Crippen LogP contribution >= 0.6 is 12.4 Å². The fraction of sp³-hybridized carbons (Fsp3) is 0.579. The third-order valence-electron chi connectivity index (χ3n) is 5.25. The van der Waals surface area contributed by atoms with Gasteiger partial charge in [0.05, 0.1) is 19.1 Å². The lowest BCUT2D eigenvalue weighted by atomic mass is 9.74. The Balaban J connectivity index is 0.00000243. The molecule has 6 nitrogen and oxygen atoms in total. The van der Waals surface area contributed by atoms with Crippen LogP contribution in [0.25, 0.3) is 0 Å². The average Bonchev–Trinajstić information content (AvgIpc) is 2.61. The van der Waals surface area contributed by atoms with Crippen molar-refractivity contribution in [1.82, 2.24) is 4.90 Å². The van der Waals surface area contributed by atoms with Gasteiger partial charge in [-0.05, 0) is 38.0 Å². The zero-order valence-corrected chi connectivity index (χ0v) is 16.0. The van der Waals surface area contributed by atoms with Crippen molar-refractivity contribution >= 4 is 29.9 Å². The molecule has 2 amide bonds. The Hall–Kier alpha value is -1.63. The summed E-state index contributed by atoms with van der Waals surface area (Å²) in [5, 5.41) is 2.95. The second-order valence-corrected chi connectivity index (χ2v) is 7.28. The Morgan fingerprint density at radius 3 is 2.69 bits per heavy atom. The summed E-state index contributed by atoms with van der Waals surface area (Å²) in [7, 11) is 0. The molecular weight excluding hydrogens is 354 g/mol. The van der Waals surface area contributed by atoms with Gasteiger partial charge >= 0.3 is 0 Å². The molecule has 3 rings (SSSR count). The highest BCUT2D eigenvalue weighted by Gasteiger charge is 2.37. The van der Waals surface area contributed by atoms with E-state index in [0.717, 1.165) is 25.7 Å². The summed E-state index contributed by atoms with van der Waals surface area (Å²) in [5.41, 5.74) is 7.08. The molecule has 1 aromatic carbocycles. The van der Waals surface area contributed by atoms with Crippen molar-refractivity contribution in [3.05, 3.63) is 29.8 Å². The number of anilines is 1. The maximum Gasteiger partial charge on any atom is 0.254 e. The molecule has 1 aromatic rings. The summed E-state index contributed by atoms with van der Waals surface area (Å²) >= 11 is 0. The molecule has 0 radical (unpaired) electrons. The van der Waals surface area contributed by atoms with E-state index in [4.69, 9.17) is 10.5 Å². The van der Waals surface area contributed by atoms with E-state index < -0.39 is 5.54 Å². The standard InChI is InChI=1S/C19H27N3O3.ClH/c1-19(20)8-3-2-7-16(19)17(23)21-15-6-4-5-14(13-15)18(24)22-9-11-25-12-10-22;/h4-6,13,16H,2-3,7-12,20H2,1H3,(H,21,23);1H. The molecule has 1 saturated carbocycles. The first-order chi connectivity index (χ1) is 12.0. The van der Waals surface area contributed by atoms with Crippen LogP contribution in [0.15, 0.2) is 24.3 Å². The van der Waals surface area contributed by atoms with Crippen molar-refractivity contribution in [3.8, 4) is 0 Å². The van der Waals surface area contributed by atoms with Crippen LogP contribution < -0.4 is 11.1 Å². The Kier molecular flexibility index (Phi) is 7.03. The molecule has 1 saturated heterocycles. The molecule has 144 valence electrons. The Bertz CT molecular complexity index is 645. The van der Waals surface area contributed by atoms with Gasteiger partial charge in [-0.2, -0.15) is 0 Å². The van der Waals surface area contributed by atoms with Gasteiger partial charge in [-0.25, -0.2) is 0 Å². The first kappa shape index (κ1) is 20.7. The van der Waals surface area contributed by atoms with E-state index in [1.807, 2.05) is 13.0 Å². The molecule has 1 aliphatic heterocycles. The number of carbonyl (C=O) groups is 2. The molecule has 0 spiro atoms. The van der Waals surface area contributed by atoms with Gasteiger partial charge in [-0.3, -0.25) is 9.59 Å². The maximum atomic E-state index is 12.7. The molecule has 2 unspecified atom stereocenters. The molecule has 1 heterocycles. The number of carbonyl (C=O) groups excluding carboxylic acids is 2. The van der Waals surface area contributed by atoms with Crippen LogP contribution in [-0.4, -0.2) is 48.6 Å². The van der Waals surface area contributed by atoms with E-state index in [-0.39, 0.29) is 30.1 Å². The minimum Gasteiger partial charge on any atom is -0.378 e. The summed E-state index contributed by atoms with van der Waals surface area (Å²) in [6.45, 7) is 4.29. The van der Waals surface area contributed by atoms with Gasteiger partial charge in [0.15, 0.2) is 0 Å². The van der Waals surface area contributed by atoms with Gasteiger partial charge in [0, 0.05) is 29.9 Å². The van der Waals surface area contributed by atoms with E-state index in [1.54, 1.807) is 23.1 Å². The topological polar surface area (TPSA) is 84.7 Å². The van der Waals surface area contributed by atoms with Crippen LogP contribution in [0.3, 0.4) is 0 Å². The summed E-state index contributed by atoms with van der Waals surface area (Å²) in [6, 6.07) is 7.13. The quantitative estimate of drug-likeness (QED) is 0.842. The molecule has 0 bridgehead atoms. The first-order valence-electron chi connectivity index (χ1n) is 9.04. The number of hydrogen-bond acceptors (Lipinski definition) is 4. The van der Waals surface area contributed by atoms with Crippen molar-refractivity contribution in [2.45, 2.75) is 38.1 Å². The number of nitrogens with zero attached hydrogens (tertiary/aromatic N) is 1. The van der Waals surface area contributed by atoms with Crippen molar-refractivity contribution in [3.63, 3.8) is 0 Å². The summed E-state index contributed by atoms with van der Waals surface area (Å²) < 4.78 is 5.29. The number of morpholine rings is 1. The van der Waals surface area contributed by atoms with Crippen molar-refractivity contribution in [1.29, 1.82) is 0 Å². The highest BCUT2D eigenvalue weighted by atomic mass is 35.5. The zero-order valence-electron chi connectivity index (χ0n) is 15.2. The predicted octanol–water partition coefficient (Wildman–Crippen LogP) is 2.43. The van der Waals surface area contributed by atoms with Crippen molar-refractivity contribution in [2.24, 2.45) is 11.7 Å². The minimum absolute atomic E-state index is 0. The van der Waals surface area contributed by atoms with E-state index in [1.165, 1.54) is 0 Å². The number of ether oxygens (including phenoxy) is 1. The Labute approximate surface area is 160 Å². The second-order valence-electron chi connectivity index (χ2n) is 7.28. The van der Waals surface area contributed by atoms with E-state index >= 15 is 0 Å². The average molecular weight is 382 g/mol. The lowest BCUT2D eigenvalue weighted by Crippen LogP contribution is -2.51. The highest BCUT2D eigenvalue weighted by molar-refractivity contribution is 5.98. The van der Waals surface area contributed by atoms with Crippen LogP contribution in [-0.2, 0) is 9.53 Å². The van der Waals surface area contributed by atoms with Gasteiger partial charge in [-0.15, -0.1) is 12.4 Å². The monoisotopic (exact) mass is 381 g/mol. The van der Waals surface area contributed by atoms with Crippen LogP contribution in [0.5, 0.6) is 0 Å². The number of rotatable bonds is 3. The van der Waals surface area contributed by atoms with Gasteiger partial charge in [0.2, 0.25) is 5.91 Å². The highest BCUT2D eigenvalue weighted by Crippen LogP contribution is 2.32. The second kappa shape index (κ2) is 8.84. The summed E-state index contributed by atoms with van der Waals surface area (Å²) in [4.78, 5) is 27.0.